The van der Waals surface area contributed by atoms with Gasteiger partial charge in [-0.15, -0.1) is 0 Å². The molecule has 31 heavy (non-hydrogen) atoms. The minimum Gasteiger partial charge on any atom is -0.469 e. The number of halogens is 1. The Morgan fingerprint density at radius 2 is 2.00 bits per heavy atom. The summed E-state index contributed by atoms with van der Waals surface area (Å²) in [5.41, 5.74) is 2.41. The lowest BCUT2D eigenvalue weighted by Gasteiger charge is -2.11. The topological polar surface area (TPSA) is 101 Å². The Morgan fingerprint density at radius 3 is 2.74 bits per heavy atom. The van der Waals surface area contributed by atoms with Crippen molar-refractivity contribution in [3.8, 4) is 0 Å². The Balaban J connectivity index is 1.71. The minimum atomic E-state index is -0.343. The van der Waals surface area contributed by atoms with E-state index in [0.717, 1.165) is 5.56 Å². The lowest BCUT2D eigenvalue weighted by atomic mass is 10.0. The molecule has 3 aromatic rings. The molecule has 1 amide bonds. The molecule has 0 aliphatic rings. The molecule has 0 atom stereocenters. The fourth-order valence-corrected chi connectivity index (χ4v) is 3.83. The van der Waals surface area contributed by atoms with Gasteiger partial charge in [0.15, 0.2) is 5.78 Å². The third-order valence-electron chi connectivity index (χ3n) is 4.37. The SMILES string of the molecule is COC(=O)CCSCc1cccc(C(=O)Nc2ccc(Cl)cc2C(=O)c2cn[nH]c2)c1. The molecule has 0 saturated carbocycles. The van der Waals surface area contributed by atoms with Gasteiger partial charge in [0.05, 0.1) is 31.0 Å². The highest BCUT2D eigenvalue weighted by atomic mass is 35.5. The first-order chi connectivity index (χ1) is 15.0. The van der Waals surface area contributed by atoms with Crippen molar-refractivity contribution in [1.82, 2.24) is 10.2 Å². The zero-order valence-electron chi connectivity index (χ0n) is 16.7. The fourth-order valence-electron chi connectivity index (χ4n) is 2.79. The number of H-pyrrole nitrogens is 1. The molecule has 0 spiro atoms. The van der Waals surface area contributed by atoms with E-state index in [1.54, 1.807) is 42.1 Å². The van der Waals surface area contributed by atoms with Crippen molar-refractivity contribution in [1.29, 1.82) is 0 Å². The molecule has 0 unspecified atom stereocenters. The number of carbonyl (C=O) groups excluding carboxylic acids is 3. The minimum absolute atomic E-state index is 0.246. The third-order valence-corrected chi connectivity index (χ3v) is 5.64. The molecule has 0 aliphatic heterocycles. The van der Waals surface area contributed by atoms with Crippen LogP contribution in [0.4, 0.5) is 5.69 Å². The van der Waals surface area contributed by atoms with Crippen LogP contribution in [0.2, 0.25) is 5.02 Å². The number of aromatic amines is 1. The molecular weight excluding hydrogens is 438 g/mol. The van der Waals surface area contributed by atoms with Crippen molar-refractivity contribution < 1.29 is 19.1 Å². The van der Waals surface area contributed by atoms with Crippen molar-refractivity contribution in [2.45, 2.75) is 12.2 Å². The monoisotopic (exact) mass is 457 g/mol. The van der Waals surface area contributed by atoms with Crippen LogP contribution in [0, 0.1) is 0 Å². The number of thioether (sulfide) groups is 1. The normalized spacial score (nSPS) is 10.5. The molecule has 1 aromatic heterocycles. The van der Waals surface area contributed by atoms with Gasteiger partial charge in [0, 0.05) is 33.9 Å². The number of methoxy groups -OCH3 is 1. The molecule has 0 bridgehead atoms. The maximum absolute atomic E-state index is 12.8. The summed E-state index contributed by atoms with van der Waals surface area (Å²) >= 11 is 7.65. The number of nitrogens with zero attached hydrogens (tertiary/aromatic N) is 1. The largest absolute Gasteiger partial charge is 0.469 e. The number of aromatic nitrogens is 2. The molecule has 0 aliphatic carbocycles. The van der Waals surface area contributed by atoms with Crippen molar-refractivity contribution in [3.63, 3.8) is 0 Å². The van der Waals surface area contributed by atoms with Gasteiger partial charge in [0.1, 0.15) is 0 Å². The van der Waals surface area contributed by atoms with Crippen LogP contribution in [0.15, 0.2) is 54.9 Å². The summed E-state index contributed by atoms with van der Waals surface area (Å²) in [5, 5.41) is 9.57. The third kappa shape index (κ3) is 6.19. The summed E-state index contributed by atoms with van der Waals surface area (Å²) in [7, 11) is 1.37. The number of hydrogen-bond acceptors (Lipinski definition) is 6. The number of nitrogens with one attached hydrogen (secondary N) is 2. The molecule has 2 aromatic carbocycles. The van der Waals surface area contributed by atoms with Crippen molar-refractivity contribution in [2.24, 2.45) is 0 Å². The molecule has 1 heterocycles. The molecule has 2 N–H and O–H groups in total. The van der Waals surface area contributed by atoms with Gasteiger partial charge in [-0.25, -0.2) is 0 Å². The number of carbonyl (C=O) groups is 3. The van der Waals surface area contributed by atoms with E-state index in [9.17, 15) is 14.4 Å². The molecule has 7 nitrogen and oxygen atoms in total. The van der Waals surface area contributed by atoms with E-state index in [0.29, 0.717) is 39.8 Å². The lowest BCUT2D eigenvalue weighted by molar-refractivity contribution is -0.140. The molecular formula is C22H20ClN3O4S. The smallest absolute Gasteiger partial charge is 0.306 e. The van der Waals surface area contributed by atoms with Crippen molar-refractivity contribution in [2.75, 3.05) is 18.2 Å². The van der Waals surface area contributed by atoms with Gasteiger partial charge >= 0.3 is 5.97 Å². The molecule has 0 saturated heterocycles. The Morgan fingerprint density at radius 1 is 1.16 bits per heavy atom. The van der Waals surface area contributed by atoms with Crippen LogP contribution in [-0.4, -0.2) is 40.7 Å². The Kier molecular flexibility index (Phi) is 7.86. The first-order valence-electron chi connectivity index (χ1n) is 9.36. The van der Waals surface area contributed by atoms with Gasteiger partial charge in [0.2, 0.25) is 0 Å². The van der Waals surface area contributed by atoms with Crippen LogP contribution in [-0.2, 0) is 15.3 Å². The standard InChI is InChI=1S/C22H20ClN3O4S/c1-30-20(27)7-8-31-13-14-3-2-4-15(9-14)22(29)26-19-6-5-17(23)10-18(19)21(28)16-11-24-25-12-16/h2-6,9-12H,7-8,13H2,1H3,(H,24,25)(H,26,29). The number of amides is 1. The van der Waals surface area contributed by atoms with Crippen LogP contribution in [0.3, 0.4) is 0 Å². The first kappa shape index (κ1) is 22.6. The van der Waals surface area contributed by atoms with E-state index in [4.69, 9.17) is 11.6 Å². The molecule has 9 heteroatoms. The summed E-state index contributed by atoms with van der Waals surface area (Å²) in [4.78, 5) is 36.8. The Labute approximate surface area is 188 Å². The van der Waals surface area contributed by atoms with Crippen molar-refractivity contribution in [3.05, 3.63) is 82.1 Å². The number of ketones is 1. The van der Waals surface area contributed by atoms with Gasteiger partial charge in [0.25, 0.3) is 5.91 Å². The van der Waals surface area contributed by atoms with Gasteiger partial charge in [-0.2, -0.15) is 16.9 Å². The van der Waals surface area contributed by atoms with Crippen LogP contribution in [0.5, 0.6) is 0 Å². The van der Waals surface area contributed by atoms with E-state index < -0.39 is 0 Å². The second-order valence-corrected chi connectivity index (χ2v) is 8.08. The summed E-state index contributed by atoms with van der Waals surface area (Å²) in [6, 6.07) is 11.9. The van der Waals surface area contributed by atoms with Gasteiger partial charge in [-0.1, -0.05) is 23.7 Å². The summed E-state index contributed by atoms with van der Waals surface area (Å²) in [6.07, 6.45) is 3.23. The summed E-state index contributed by atoms with van der Waals surface area (Å²) in [5.74, 6) is 0.396. The van der Waals surface area contributed by atoms with Crippen molar-refractivity contribution >= 4 is 46.7 Å². The number of hydrogen-bond donors (Lipinski definition) is 2. The van der Waals surface area contributed by atoms with Crippen LogP contribution < -0.4 is 5.32 Å². The zero-order chi connectivity index (χ0) is 22.2. The van der Waals surface area contributed by atoms with E-state index in [-0.39, 0.29) is 23.2 Å². The van der Waals surface area contributed by atoms with E-state index in [1.165, 1.54) is 25.6 Å². The fraction of sp³-hybridized carbons (Fsp3) is 0.182. The highest BCUT2D eigenvalue weighted by Crippen LogP contribution is 2.24. The van der Waals surface area contributed by atoms with Crippen LogP contribution in [0.1, 0.15) is 38.3 Å². The second-order valence-electron chi connectivity index (χ2n) is 6.54. The van der Waals surface area contributed by atoms with Crippen LogP contribution >= 0.6 is 23.4 Å². The number of benzene rings is 2. The maximum Gasteiger partial charge on any atom is 0.306 e. The van der Waals surface area contributed by atoms with Gasteiger partial charge < -0.3 is 10.1 Å². The van der Waals surface area contributed by atoms with E-state index in [1.807, 2.05) is 6.07 Å². The number of rotatable bonds is 9. The highest BCUT2D eigenvalue weighted by Gasteiger charge is 2.17. The number of anilines is 1. The highest BCUT2D eigenvalue weighted by molar-refractivity contribution is 7.98. The van der Waals surface area contributed by atoms with E-state index in [2.05, 4.69) is 20.3 Å². The van der Waals surface area contributed by atoms with Crippen LogP contribution in [0.25, 0.3) is 0 Å². The Hall–Kier alpha value is -3.10. The second kappa shape index (κ2) is 10.8. The Bertz CT molecular complexity index is 1090. The molecule has 160 valence electrons. The predicted octanol–water partition coefficient (Wildman–Crippen LogP) is 4.34. The van der Waals surface area contributed by atoms with Gasteiger partial charge in [-0.3, -0.25) is 19.5 Å². The number of esters is 1. The molecule has 3 rings (SSSR count). The average Bonchev–Trinajstić information content (AvgIpc) is 3.32. The average molecular weight is 458 g/mol. The lowest BCUT2D eigenvalue weighted by Crippen LogP contribution is -2.15. The quantitative estimate of drug-likeness (QED) is 0.281. The van der Waals surface area contributed by atoms with Gasteiger partial charge in [-0.05, 0) is 35.9 Å². The maximum atomic E-state index is 12.8. The molecule has 0 radical (unpaired) electrons. The first-order valence-corrected chi connectivity index (χ1v) is 10.9. The zero-order valence-corrected chi connectivity index (χ0v) is 18.3. The predicted molar refractivity (Wildman–Crippen MR) is 121 cm³/mol. The summed E-state index contributed by atoms with van der Waals surface area (Å²) < 4.78 is 4.62. The van der Waals surface area contributed by atoms with E-state index >= 15 is 0 Å². The summed E-state index contributed by atoms with van der Waals surface area (Å²) in [6.45, 7) is 0. The molecule has 0 fully saturated rings. The number of ether oxygens (including phenoxy) is 1.